The van der Waals surface area contributed by atoms with E-state index in [1.165, 1.54) is 6.07 Å². The number of benzene rings is 3. The monoisotopic (exact) mass is 422 g/mol. The molecule has 2 N–H and O–H groups in total. The number of allylic oxidation sites excluding steroid dienone is 1. The Morgan fingerprint density at radius 1 is 0.969 bits per heavy atom. The number of halogens is 1. The molecular weight excluding hydrogens is 399 g/mol. The molecule has 0 bridgehead atoms. The van der Waals surface area contributed by atoms with E-state index < -0.39 is 0 Å². The van der Waals surface area contributed by atoms with Crippen molar-refractivity contribution >= 4 is 34.2 Å². The fourth-order valence-corrected chi connectivity index (χ4v) is 4.03. The molecule has 0 unspecified atom stereocenters. The summed E-state index contributed by atoms with van der Waals surface area (Å²) in [4.78, 5) is 9.78. The molecule has 0 atom stereocenters. The lowest BCUT2D eigenvalue weighted by molar-refractivity contribution is 0.627. The lowest BCUT2D eigenvalue weighted by Gasteiger charge is -2.24. The molecule has 4 nitrogen and oxygen atoms in total. The maximum absolute atomic E-state index is 14.1. The molecule has 5 heteroatoms. The first kappa shape index (κ1) is 19.9. The zero-order valence-corrected chi connectivity index (χ0v) is 18.0. The number of para-hydroxylation sites is 1. The number of rotatable bonds is 4. The first-order valence-corrected chi connectivity index (χ1v) is 10.6. The number of aromatic nitrogens is 2. The number of fused-ring (bicyclic) bond motifs is 2. The van der Waals surface area contributed by atoms with Gasteiger partial charge in [0.2, 0.25) is 0 Å². The minimum Gasteiger partial charge on any atom is -0.381 e. The van der Waals surface area contributed by atoms with Gasteiger partial charge in [-0.2, -0.15) is 0 Å². The Morgan fingerprint density at radius 2 is 1.78 bits per heavy atom. The van der Waals surface area contributed by atoms with Crippen molar-refractivity contribution in [3.8, 4) is 11.4 Å². The predicted octanol–water partition coefficient (Wildman–Crippen LogP) is 6.74. The van der Waals surface area contributed by atoms with Crippen molar-refractivity contribution in [2.24, 2.45) is 0 Å². The van der Waals surface area contributed by atoms with Crippen LogP contribution in [0.4, 0.5) is 15.9 Å². The van der Waals surface area contributed by atoms with Crippen LogP contribution in [0.5, 0.6) is 0 Å². The summed E-state index contributed by atoms with van der Waals surface area (Å²) in [6, 6.07) is 20.8. The Bertz CT molecular complexity index is 1390. The second-order valence-corrected chi connectivity index (χ2v) is 7.82. The Kier molecular flexibility index (Phi) is 5.15. The van der Waals surface area contributed by atoms with Gasteiger partial charge < -0.3 is 10.6 Å². The molecule has 0 saturated carbocycles. The third-order valence-corrected chi connectivity index (χ3v) is 5.62. The smallest absolute Gasteiger partial charge is 0.162 e. The zero-order chi connectivity index (χ0) is 22.1. The first-order chi connectivity index (χ1) is 15.6. The minimum atomic E-state index is -0.270. The van der Waals surface area contributed by atoms with E-state index in [9.17, 15) is 4.39 Å². The van der Waals surface area contributed by atoms with Crippen molar-refractivity contribution < 1.29 is 4.39 Å². The molecule has 1 aliphatic rings. The molecule has 1 aliphatic heterocycles. The quantitative estimate of drug-likeness (QED) is 0.382. The Hall–Kier alpha value is -3.99. The fraction of sp³-hybridized carbons (Fsp3) is 0.111. The van der Waals surface area contributed by atoms with E-state index in [0.29, 0.717) is 18.2 Å². The molecule has 5 rings (SSSR count). The van der Waals surface area contributed by atoms with Crippen molar-refractivity contribution in [1.82, 2.24) is 9.97 Å². The number of hydrogen-bond acceptors (Lipinski definition) is 4. The lowest BCUT2D eigenvalue weighted by Crippen LogP contribution is -2.17. The molecule has 2 heterocycles. The molecule has 0 spiro atoms. The summed E-state index contributed by atoms with van der Waals surface area (Å²) in [6.45, 7) is 4.71. The van der Waals surface area contributed by atoms with E-state index in [4.69, 9.17) is 9.97 Å². The van der Waals surface area contributed by atoms with E-state index in [0.717, 1.165) is 44.6 Å². The third kappa shape index (κ3) is 3.62. The van der Waals surface area contributed by atoms with Gasteiger partial charge in [-0.05, 0) is 55.3 Å². The first-order valence-electron chi connectivity index (χ1n) is 10.6. The van der Waals surface area contributed by atoms with Crippen LogP contribution in [0.3, 0.4) is 0 Å². The zero-order valence-electron chi connectivity index (χ0n) is 18.0. The van der Waals surface area contributed by atoms with Crippen molar-refractivity contribution in [2.45, 2.75) is 13.8 Å². The van der Waals surface area contributed by atoms with E-state index in [2.05, 4.69) is 22.8 Å². The van der Waals surface area contributed by atoms with Crippen LogP contribution < -0.4 is 10.6 Å². The van der Waals surface area contributed by atoms with E-state index >= 15 is 0 Å². The summed E-state index contributed by atoms with van der Waals surface area (Å²) in [5, 5.41) is 7.78. The molecule has 1 aromatic heterocycles. The van der Waals surface area contributed by atoms with Gasteiger partial charge in [-0.1, -0.05) is 48.6 Å². The number of nitrogens with one attached hydrogen (secondary N) is 2. The highest BCUT2D eigenvalue weighted by Crippen LogP contribution is 2.34. The Balaban J connectivity index is 1.68. The SMILES string of the molecule is C/C=C/c1ccccc1-c1nc(NC2=C(C)CNc3ccc(F)cc32)c2ccccc2n1. The van der Waals surface area contributed by atoms with Gasteiger partial charge in [0.25, 0.3) is 0 Å². The summed E-state index contributed by atoms with van der Waals surface area (Å²) in [5.41, 5.74) is 6.52. The maximum atomic E-state index is 14.1. The van der Waals surface area contributed by atoms with Crippen LogP contribution in [0.1, 0.15) is 25.0 Å². The lowest BCUT2D eigenvalue weighted by atomic mass is 10.0. The predicted molar refractivity (Wildman–Crippen MR) is 131 cm³/mol. The normalized spacial score (nSPS) is 13.3. The minimum absolute atomic E-state index is 0.270. The van der Waals surface area contributed by atoms with Crippen LogP contribution in [0.15, 0.2) is 78.4 Å². The van der Waals surface area contributed by atoms with Gasteiger partial charge in [0.15, 0.2) is 5.82 Å². The van der Waals surface area contributed by atoms with Gasteiger partial charge in [-0.25, -0.2) is 14.4 Å². The number of anilines is 2. The second-order valence-electron chi connectivity index (χ2n) is 7.82. The van der Waals surface area contributed by atoms with Crippen LogP contribution >= 0.6 is 0 Å². The molecule has 32 heavy (non-hydrogen) atoms. The van der Waals surface area contributed by atoms with Crippen LogP contribution in [0.2, 0.25) is 0 Å². The second kappa shape index (κ2) is 8.27. The largest absolute Gasteiger partial charge is 0.381 e. The van der Waals surface area contributed by atoms with Crippen LogP contribution in [0.25, 0.3) is 34.1 Å². The highest BCUT2D eigenvalue weighted by Gasteiger charge is 2.19. The van der Waals surface area contributed by atoms with Gasteiger partial charge >= 0.3 is 0 Å². The number of nitrogens with zero attached hydrogens (tertiary/aromatic N) is 2. The van der Waals surface area contributed by atoms with Gasteiger partial charge in [-0.15, -0.1) is 0 Å². The standard InChI is InChI=1S/C27H23FN4/c1-3-8-18-9-4-5-10-20(18)26-30-24-12-7-6-11-21(24)27(32-26)31-25-17(2)16-29-23-14-13-19(28)15-22(23)25/h3-15,29H,16H2,1-2H3,(H,30,31,32)/b8-3+. The van der Waals surface area contributed by atoms with Gasteiger partial charge in [0.1, 0.15) is 11.6 Å². The van der Waals surface area contributed by atoms with Crippen LogP contribution in [0, 0.1) is 5.82 Å². The molecule has 0 radical (unpaired) electrons. The molecule has 0 amide bonds. The van der Waals surface area contributed by atoms with Crippen molar-refractivity contribution in [2.75, 3.05) is 17.2 Å². The summed E-state index contributed by atoms with van der Waals surface area (Å²) in [7, 11) is 0. The van der Waals surface area contributed by atoms with Crippen LogP contribution in [-0.4, -0.2) is 16.5 Å². The summed E-state index contributed by atoms with van der Waals surface area (Å²) in [5.74, 6) is 1.08. The van der Waals surface area contributed by atoms with Crippen molar-refractivity contribution in [3.05, 3.63) is 95.3 Å². The summed E-state index contributed by atoms with van der Waals surface area (Å²) in [6.07, 6.45) is 4.06. The molecule has 0 fully saturated rings. The van der Waals surface area contributed by atoms with Gasteiger partial charge in [0, 0.05) is 34.4 Å². The third-order valence-electron chi connectivity index (χ3n) is 5.62. The van der Waals surface area contributed by atoms with E-state index in [1.807, 2.05) is 62.4 Å². The Labute approximate surface area is 186 Å². The van der Waals surface area contributed by atoms with Gasteiger partial charge in [-0.3, -0.25) is 0 Å². The average molecular weight is 423 g/mol. The maximum Gasteiger partial charge on any atom is 0.162 e. The molecule has 158 valence electrons. The molecule has 4 aromatic rings. The summed E-state index contributed by atoms with van der Waals surface area (Å²) >= 11 is 0. The van der Waals surface area contributed by atoms with Gasteiger partial charge in [0.05, 0.1) is 5.52 Å². The molecule has 0 aliphatic carbocycles. The molecule has 0 saturated heterocycles. The average Bonchev–Trinajstić information content (AvgIpc) is 2.81. The molecule has 3 aromatic carbocycles. The molecular formula is C27H23FN4. The highest BCUT2D eigenvalue weighted by molar-refractivity contribution is 5.97. The van der Waals surface area contributed by atoms with E-state index in [1.54, 1.807) is 12.1 Å². The van der Waals surface area contributed by atoms with Crippen molar-refractivity contribution in [1.29, 1.82) is 0 Å². The fourth-order valence-electron chi connectivity index (χ4n) is 4.03. The number of hydrogen-bond donors (Lipinski definition) is 2. The summed E-state index contributed by atoms with van der Waals surface area (Å²) < 4.78 is 14.1. The Morgan fingerprint density at radius 3 is 2.66 bits per heavy atom. The van der Waals surface area contributed by atoms with Crippen LogP contribution in [-0.2, 0) is 0 Å². The highest BCUT2D eigenvalue weighted by atomic mass is 19.1. The topological polar surface area (TPSA) is 49.8 Å². The van der Waals surface area contributed by atoms with Crippen molar-refractivity contribution in [3.63, 3.8) is 0 Å². The van der Waals surface area contributed by atoms with E-state index in [-0.39, 0.29) is 5.82 Å².